The topological polar surface area (TPSA) is 55.1 Å². The molecule has 0 amide bonds. The Hall–Kier alpha value is -1.81. The Labute approximate surface area is 129 Å². The Balaban J connectivity index is 2.15. The third-order valence-corrected chi connectivity index (χ3v) is 3.80. The lowest BCUT2D eigenvalue weighted by molar-refractivity contribution is -0.141. The fourth-order valence-corrected chi connectivity index (χ4v) is 2.60. The van der Waals surface area contributed by atoms with Crippen LogP contribution in [0.1, 0.15) is 23.9 Å². The number of halogens is 1. The van der Waals surface area contributed by atoms with Gasteiger partial charge >= 0.3 is 5.97 Å². The molecular formula is C16H19ClN2O2. The molecule has 5 heteroatoms. The van der Waals surface area contributed by atoms with E-state index < -0.39 is 11.9 Å². The molecule has 1 N–H and O–H groups in total. The summed E-state index contributed by atoms with van der Waals surface area (Å²) in [5, 5.41) is 14.5. The number of carbonyl (C=O) groups is 1. The molecule has 4 nitrogen and oxygen atoms in total. The molecule has 0 saturated carbocycles. The van der Waals surface area contributed by atoms with Gasteiger partial charge in [0.15, 0.2) is 0 Å². The van der Waals surface area contributed by atoms with E-state index in [0.29, 0.717) is 17.9 Å². The fraction of sp³-hybridized carbons (Fsp3) is 0.375. The summed E-state index contributed by atoms with van der Waals surface area (Å²) in [7, 11) is 1.85. The average Bonchev–Trinajstić information content (AvgIpc) is 2.78. The van der Waals surface area contributed by atoms with E-state index in [-0.39, 0.29) is 0 Å². The largest absolute Gasteiger partial charge is 0.481 e. The molecule has 0 fully saturated rings. The minimum absolute atomic E-state index is 0.461. The van der Waals surface area contributed by atoms with E-state index in [1.54, 1.807) is 10.7 Å². The third kappa shape index (κ3) is 4.08. The maximum absolute atomic E-state index is 11.5. The normalized spacial score (nSPS) is 12.3. The van der Waals surface area contributed by atoms with Crippen LogP contribution in [0.5, 0.6) is 0 Å². The molecule has 1 atom stereocenters. The molecule has 1 aromatic carbocycles. The number of hydrogen-bond donors (Lipinski definition) is 1. The van der Waals surface area contributed by atoms with Gasteiger partial charge in [0.1, 0.15) is 0 Å². The van der Waals surface area contributed by atoms with Gasteiger partial charge in [0.2, 0.25) is 0 Å². The van der Waals surface area contributed by atoms with Crippen LogP contribution >= 0.6 is 11.6 Å². The van der Waals surface area contributed by atoms with Crippen molar-refractivity contribution in [1.82, 2.24) is 9.78 Å². The van der Waals surface area contributed by atoms with Crippen LogP contribution in [0.25, 0.3) is 0 Å². The highest BCUT2D eigenvalue weighted by molar-refractivity contribution is 6.30. The molecule has 0 aliphatic heterocycles. The van der Waals surface area contributed by atoms with Crippen molar-refractivity contribution in [2.24, 2.45) is 13.0 Å². The van der Waals surface area contributed by atoms with E-state index in [4.69, 9.17) is 11.6 Å². The Kier molecular flexibility index (Phi) is 5.02. The van der Waals surface area contributed by atoms with Gasteiger partial charge < -0.3 is 5.11 Å². The first-order valence-electron chi connectivity index (χ1n) is 6.98. The molecule has 1 aromatic heterocycles. The molecule has 21 heavy (non-hydrogen) atoms. The number of nitrogens with zero attached hydrogens (tertiary/aromatic N) is 2. The van der Waals surface area contributed by atoms with Crippen molar-refractivity contribution in [2.45, 2.75) is 26.2 Å². The molecule has 1 unspecified atom stereocenters. The van der Waals surface area contributed by atoms with Gasteiger partial charge in [-0.3, -0.25) is 9.48 Å². The number of aliphatic carboxylic acids is 1. The maximum atomic E-state index is 11.5. The van der Waals surface area contributed by atoms with Crippen LogP contribution in [-0.2, 0) is 31.1 Å². The molecule has 0 radical (unpaired) electrons. The number of hydrogen-bond acceptors (Lipinski definition) is 2. The summed E-state index contributed by atoms with van der Waals surface area (Å²) < 4.78 is 1.77. The lowest BCUT2D eigenvalue weighted by Gasteiger charge is -2.12. The molecule has 112 valence electrons. The summed E-state index contributed by atoms with van der Waals surface area (Å²) >= 11 is 5.95. The highest BCUT2D eigenvalue weighted by atomic mass is 35.5. The monoisotopic (exact) mass is 306 g/mol. The second-order valence-corrected chi connectivity index (χ2v) is 5.61. The summed E-state index contributed by atoms with van der Waals surface area (Å²) in [5.74, 6) is -1.28. The van der Waals surface area contributed by atoms with E-state index in [2.05, 4.69) is 5.10 Å². The van der Waals surface area contributed by atoms with Crippen molar-refractivity contribution in [3.8, 4) is 0 Å². The van der Waals surface area contributed by atoms with E-state index >= 15 is 0 Å². The zero-order chi connectivity index (χ0) is 15.4. The van der Waals surface area contributed by atoms with Crippen LogP contribution in [0.2, 0.25) is 5.02 Å². The number of benzene rings is 1. The molecule has 0 spiro atoms. The number of carboxylic acids is 1. The first-order valence-corrected chi connectivity index (χ1v) is 7.36. The minimum Gasteiger partial charge on any atom is -0.481 e. The van der Waals surface area contributed by atoms with Crippen molar-refractivity contribution in [3.63, 3.8) is 0 Å². The summed E-state index contributed by atoms with van der Waals surface area (Å²) in [6.45, 7) is 2.03. The summed E-state index contributed by atoms with van der Waals surface area (Å²) in [6, 6.07) is 9.33. The number of carboxylic acid groups (broad SMARTS) is 1. The average molecular weight is 307 g/mol. The Morgan fingerprint density at radius 1 is 1.38 bits per heavy atom. The van der Waals surface area contributed by atoms with Crippen molar-refractivity contribution < 1.29 is 9.90 Å². The van der Waals surface area contributed by atoms with Gasteiger partial charge in [0.25, 0.3) is 0 Å². The van der Waals surface area contributed by atoms with E-state index in [0.717, 1.165) is 23.4 Å². The molecule has 0 saturated heterocycles. The fourth-order valence-electron chi connectivity index (χ4n) is 2.38. The summed E-state index contributed by atoms with van der Waals surface area (Å²) in [4.78, 5) is 11.5. The molecule has 2 rings (SSSR count). The van der Waals surface area contributed by atoms with Gasteiger partial charge in [0.05, 0.1) is 11.6 Å². The summed E-state index contributed by atoms with van der Waals surface area (Å²) in [5.41, 5.74) is 2.87. The first kappa shape index (κ1) is 15.6. The predicted molar refractivity (Wildman–Crippen MR) is 82.6 cm³/mol. The van der Waals surface area contributed by atoms with Gasteiger partial charge in [-0.1, -0.05) is 30.7 Å². The predicted octanol–water partition coefficient (Wildman–Crippen LogP) is 3.12. The van der Waals surface area contributed by atoms with Crippen LogP contribution < -0.4 is 0 Å². The lowest BCUT2D eigenvalue weighted by atomic mass is 9.94. The van der Waals surface area contributed by atoms with Gasteiger partial charge in [-0.15, -0.1) is 0 Å². The SMILES string of the molecule is CCc1cc(CC(Cc2cccc(Cl)c2)C(=O)O)n(C)n1. The van der Waals surface area contributed by atoms with E-state index in [1.165, 1.54) is 0 Å². The Morgan fingerprint density at radius 2 is 2.14 bits per heavy atom. The second-order valence-electron chi connectivity index (χ2n) is 5.18. The van der Waals surface area contributed by atoms with Crippen molar-refractivity contribution in [1.29, 1.82) is 0 Å². The third-order valence-electron chi connectivity index (χ3n) is 3.57. The smallest absolute Gasteiger partial charge is 0.307 e. The maximum Gasteiger partial charge on any atom is 0.307 e. The molecule has 0 aliphatic carbocycles. The highest BCUT2D eigenvalue weighted by Gasteiger charge is 2.20. The molecule has 0 aliphatic rings. The van der Waals surface area contributed by atoms with Gasteiger partial charge in [-0.2, -0.15) is 5.10 Å². The van der Waals surface area contributed by atoms with Crippen LogP contribution in [-0.4, -0.2) is 20.9 Å². The van der Waals surface area contributed by atoms with Crippen LogP contribution in [0.4, 0.5) is 0 Å². The summed E-state index contributed by atoms with van der Waals surface area (Å²) in [6.07, 6.45) is 1.77. The van der Waals surface area contributed by atoms with Crippen LogP contribution in [0, 0.1) is 5.92 Å². The van der Waals surface area contributed by atoms with Crippen LogP contribution in [0.3, 0.4) is 0 Å². The zero-order valence-corrected chi connectivity index (χ0v) is 13.0. The molecule has 2 aromatic rings. The minimum atomic E-state index is -0.797. The van der Waals surface area contributed by atoms with Crippen molar-refractivity contribution in [2.75, 3.05) is 0 Å². The van der Waals surface area contributed by atoms with Crippen LogP contribution in [0.15, 0.2) is 30.3 Å². The van der Waals surface area contributed by atoms with Gasteiger partial charge in [0, 0.05) is 24.2 Å². The molecule has 1 heterocycles. The quantitative estimate of drug-likeness (QED) is 0.892. The lowest BCUT2D eigenvalue weighted by Crippen LogP contribution is -2.20. The molecular weight excluding hydrogens is 288 g/mol. The van der Waals surface area contributed by atoms with E-state index in [9.17, 15) is 9.90 Å². The van der Waals surface area contributed by atoms with Gasteiger partial charge in [-0.05, 0) is 36.6 Å². The van der Waals surface area contributed by atoms with Gasteiger partial charge in [-0.25, -0.2) is 0 Å². The highest BCUT2D eigenvalue weighted by Crippen LogP contribution is 2.18. The Bertz CT molecular complexity index is 637. The molecule has 0 bridgehead atoms. The number of aromatic nitrogens is 2. The second kappa shape index (κ2) is 6.76. The van der Waals surface area contributed by atoms with E-state index in [1.807, 2.05) is 38.2 Å². The van der Waals surface area contributed by atoms with Crippen molar-refractivity contribution in [3.05, 3.63) is 52.3 Å². The number of aryl methyl sites for hydroxylation is 2. The zero-order valence-electron chi connectivity index (χ0n) is 12.2. The Morgan fingerprint density at radius 3 is 2.71 bits per heavy atom. The standard InChI is InChI=1S/C16H19ClN2O2/c1-3-14-10-15(19(2)18-14)9-12(16(20)21)7-11-5-4-6-13(17)8-11/h4-6,8,10,12H,3,7,9H2,1-2H3,(H,20,21). The van der Waals surface area contributed by atoms with Crippen molar-refractivity contribution >= 4 is 17.6 Å². The first-order chi connectivity index (χ1) is 9.99. The number of rotatable bonds is 6.